The summed E-state index contributed by atoms with van der Waals surface area (Å²) in [5, 5.41) is 0. The monoisotopic (exact) mass is 495 g/mol. The molecule has 0 saturated carbocycles. The summed E-state index contributed by atoms with van der Waals surface area (Å²) in [6, 6.07) is 19.7. The number of rotatable bonds is 9. The van der Waals surface area contributed by atoms with Crippen LogP contribution < -0.4 is 5.56 Å². The Morgan fingerprint density at radius 3 is 2.19 bits per heavy atom. The fourth-order valence-electron chi connectivity index (χ4n) is 3.35. The Labute approximate surface area is 196 Å². The second-order valence-corrected chi connectivity index (χ2v) is 8.68. The number of Topliss-reactive ketones (excluding diaryl/α,β-unsaturated/α-hetero) is 1. The van der Waals surface area contributed by atoms with Gasteiger partial charge in [0.1, 0.15) is 0 Å². The third kappa shape index (κ3) is 6.02. The predicted molar refractivity (Wildman–Crippen MR) is 129 cm³/mol. The number of ketones is 1. The van der Waals surface area contributed by atoms with Crippen LogP contribution in [0.5, 0.6) is 0 Å². The maximum absolute atomic E-state index is 13.8. The molecule has 0 N–H and O–H groups in total. The van der Waals surface area contributed by atoms with E-state index in [1.165, 1.54) is 16.8 Å². The highest BCUT2D eigenvalue weighted by Gasteiger charge is 2.33. The molecule has 166 valence electrons. The van der Waals surface area contributed by atoms with Gasteiger partial charge < -0.3 is 9.80 Å². The van der Waals surface area contributed by atoms with Crippen LogP contribution in [0.15, 0.2) is 88.3 Å². The number of carbonyl (C=O) groups is 2. The summed E-state index contributed by atoms with van der Waals surface area (Å²) in [5.74, 6) is -0.823. The lowest BCUT2D eigenvalue weighted by Gasteiger charge is -2.29. The molecule has 1 atom stereocenters. The van der Waals surface area contributed by atoms with E-state index in [1.807, 2.05) is 49.3 Å². The molecule has 0 radical (unpaired) electrons. The maximum Gasteiger partial charge on any atom is 0.254 e. The van der Waals surface area contributed by atoms with Crippen LogP contribution in [0.25, 0.3) is 0 Å². The second kappa shape index (κ2) is 11.0. The topological polar surface area (TPSA) is 62.6 Å². The van der Waals surface area contributed by atoms with Crippen molar-refractivity contribution in [2.24, 2.45) is 0 Å². The maximum atomic E-state index is 13.8. The second-order valence-electron chi connectivity index (χ2n) is 7.77. The number of carbonyl (C=O) groups excluding carboxylic acids is 2. The van der Waals surface area contributed by atoms with Gasteiger partial charge in [-0.1, -0.05) is 64.5 Å². The first-order valence-corrected chi connectivity index (χ1v) is 11.1. The summed E-state index contributed by atoms with van der Waals surface area (Å²) in [7, 11) is 3.86. The summed E-state index contributed by atoms with van der Waals surface area (Å²) in [5.41, 5.74) is 0.924. The highest BCUT2D eigenvalue weighted by molar-refractivity contribution is 9.10. The van der Waals surface area contributed by atoms with E-state index in [4.69, 9.17) is 0 Å². The minimum absolute atomic E-state index is 0.346. The Hall–Kier alpha value is -3.03. The van der Waals surface area contributed by atoms with E-state index in [1.54, 1.807) is 41.3 Å². The van der Waals surface area contributed by atoms with Gasteiger partial charge in [-0.3, -0.25) is 19.0 Å². The third-order valence-corrected chi connectivity index (χ3v) is 5.61. The van der Waals surface area contributed by atoms with Crippen LogP contribution in [0.4, 0.5) is 0 Å². The fourth-order valence-corrected chi connectivity index (χ4v) is 3.61. The first-order chi connectivity index (χ1) is 15.4. The Morgan fingerprint density at radius 1 is 0.906 bits per heavy atom. The van der Waals surface area contributed by atoms with Crippen LogP contribution in [0, 0.1) is 0 Å². The zero-order valence-electron chi connectivity index (χ0n) is 18.1. The molecule has 0 aliphatic carbocycles. The van der Waals surface area contributed by atoms with E-state index >= 15 is 0 Å². The number of pyridine rings is 1. The van der Waals surface area contributed by atoms with Gasteiger partial charge in [0.2, 0.25) is 0 Å². The van der Waals surface area contributed by atoms with E-state index in [0.717, 1.165) is 10.0 Å². The van der Waals surface area contributed by atoms with Gasteiger partial charge in [0.05, 0.1) is 0 Å². The molecule has 0 bridgehead atoms. The van der Waals surface area contributed by atoms with E-state index in [0.29, 0.717) is 25.2 Å². The van der Waals surface area contributed by atoms with Crippen molar-refractivity contribution in [3.05, 3.63) is 105 Å². The van der Waals surface area contributed by atoms with Crippen LogP contribution in [0.1, 0.15) is 22.0 Å². The van der Waals surface area contributed by atoms with Crippen LogP contribution >= 0.6 is 15.9 Å². The first kappa shape index (κ1) is 23.6. The minimum Gasteiger partial charge on any atom is -0.335 e. The molecule has 1 aromatic heterocycles. The van der Waals surface area contributed by atoms with Gasteiger partial charge in [-0.2, -0.15) is 0 Å². The highest BCUT2D eigenvalue weighted by atomic mass is 79.9. The van der Waals surface area contributed by atoms with E-state index < -0.39 is 23.3 Å². The number of nitrogens with zero attached hydrogens (tertiary/aromatic N) is 3. The summed E-state index contributed by atoms with van der Waals surface area (Å²) < 4.78 is 2.05. The molecule has 0 spiro atoms. The van der Waals surface area contributed by atoms with Gasteiger partial charge in [-0.25, -0.2) is 0 Å². The van der Waals surface area contributed by atoms with Crippen molar-refractivity contribution in [3.8, 4) is 0 Å². The van der Waals surface area contributed by atoms with Crippen molar-refractivity contribution >= 4 is 27.6 Å². The molecule has 0 aliphatic heterocycles. The molecule has 6 nitrogen and oxygen atoms in total. The molecule has 1 amide bonds. The van der Waals surface area contributed by atoms with Crippen molar-refractivity contribution in [3.63, 3.8) is 0 Å². The van der Waals surface area contributed by atoms with Crippen LogP contribution in [0.2, 0.25) is 0 Å². The van der Waals surface area contributed by atoms with Gasteiger partial charge in [-0.05, 0) is 37.9 Å². The van der Waals surface area contributed by atoms with E-state index in [2.05, 4.69) is 15.9 Å². The Morgan fingerprint density at radius 2 is 1.56 bits per heavy atom. The number of hydrogen-bond acceptors (Lipinski definition) is 4. The average Bonchev–Trinajstić information content (AvgIpc) is 2.79. The lowest BCUT2D eigenvalue weighted by atomic mass is 10.0. The lowest BCUT2D eigenvalue weighted by Crippen LogP contribution is -2.45. The normalized spacial score (nSPS) is 11.9. The molecule has 2 aromatic carbocycles. The summed E-state index contributed by atoms with van der Waals surface area (Å²) in [4.78, 5) is 43.6. The van der Waals surface area contributed by atoms with Gasteiger partial charge in [0.15, 0.2) is 11.8 Å². The van der Waals surface area contributed by atoms with Crippen molar-refractivity contribution < 1.29 is 9.59 Å². The number of amides is 1. The zero-order valence-corrected chi connectivity index (χ0v) is 19.7. The largest absolute Gasteiger partial charge is 0.335 e. The van der Waals surface area contributed by atoms with Crippen molar-refractivity contribution in [2.75, 3.05) is 27.2 Å². The lowest BCUT2D eigenvalue weighted by molar-refractivity contribution is -0.134. The van der Waals surface area contributed by atoms with Crippen LogP contribution in [-0.2, 0) is 11.3 Å². The average molecular weight is 496 g/mol. The number of halogens is 1. The molecular formula is C25H26BrN3O3. The van der Waals surface area contributed by atoms with E-state index in [9.17, 15) is 14.4 Å². The van der Waals surface area contributed by atoms with Gasteiger partial charge in [-0.15, -0.1) is 0 Å². The number of benzene rings is 2. The smallest absolute Gasteiger partial charge is 0.254 e. The predicted octanol–water partition coefficient (Wildman–Crippen LogP) is 3.63. The van der Waals surface area contributed by atoms with Crippen LogP contribution in [-0.4, -0.2) is 53.2 Å². The molecule has 0 aliphatic rings. The molecule has 7 heteroatoms. The zero-order chi connectivity index (χ0) is 23.1. The minimum atomic E-state index is -1.28. The summed E-state index contributed by atoms with van der Waals surface area (Å²) in [6.45, 7) is 1.40. The molecular weight excluding hydrogens is 470 g/mol. The standard InChI is InChI=1S/C25H26BrN3O3/c1-27(2)16-17-28(18-19-8-4-3-5-9-19)25(32)23(29-15-7-6-10-22(29)30)24(31)20-11-13-21(26)14-12-20/h3-15,23H,16-18H2,1-2H3/t23-/m0/s1. The Kier molecular flexibility index (Phi) is 8.14. The number of hydrogen-bond donors (Lipinski definition) is 0. The van der Waals surface area contributed by atoms with Crippen molar-refractivity contribution in [2.45, 2.75) is 12.6 Å². The van der Waals surface area contributed by atoms with Gasteiger partial charge in [0, 0.05) is 41.9 Å². The molecule has 0 fully saturated rings. The SMILES string of the molecule is CN(C)CCN(Cc1ccccc1)C(=O)[C@H](C(=O)c1ccc(Br)cc1)n1ccccc1=O. The molecule has 0 saturated heterocycles. The van der Waals surface area contributed by atoms with Gasteiger partial charge >= 0.3 is 0 Å². The summed E-state index contributed by atoms with van der Waals surface area (Å²) >= 11 is 3.37. The Bertz CT molecular complexity index is 1110. The van der Waals surface area contributed by atoms with Gasteiger partial charge in [0.25, 0.3) is 11.5 Å². The number of likely N-dealkylation sites (N-methyl/N-ethyl adjacent to an activating group) is 1. The third-order valence-electron chi connectivity index (χ3n) is 5.09. The van der Waals surface area contributed by atoms with Crippen molar-refractivity contribution in [1.29, 1.82) is 0 Å². The van der Waals surface area contributed by atoms with E-state index in [-0.39, 0.29) is 0 Å². The molecule has 3 rings (SSSR count). The molecule has 32 heavy (non-hydrogen) atoms. The molecule has 0 unspecified atom stereocenters. The highest BCUT2D eigenvalue weighted by Crippen LogP contribution is 2.20. The Balaban J connectivity index is 2.02. The molecule has 1 heterocycles. The molecule has 3 aromatic rings. The number of aromatic nitrogens is 1. The fraction of sp³-hybridized carbons (Fsp3) is 0.240. The first-order valence-electron chi connectivity index (χ1n) is 10.3. The van der Waals surface area contributed by atoms with Crippen molar-refractivity contribution in [1.82, 2.24) is 14.4 Å². The van der Waals surface area contributed by atoms with Crippen LogP contribution in [0.3, 0.4) is 0 Å². The quantitative estimate of drug-likeness (QED) is 0.336. The summed E-state index contributed by atoms with van der Waals surface area (Å²) in [6.07, 6.45) is 1.49.